The van der Waals surface area contributed by atoms with E-state index in [1.807, 2.05) is 13.8 Å². The molecule has 2 atom stereocenters. The summed E-state index contributed by atoms with van der Waals surface area (Å²) in [5, 5.41) is 11.1. The van der Waals surface area contributed by atoms with E-state index in [0.29, 0.717) is 12.5 Å². The summed E-state index contributed by atoms with van der Waals surface area (Å²) in [6, 6.07) is 10.8. The summed E-state index contributed by atoms with van der Waals surface area (Å²) in [4.78, 5) is 12.9. The van der Waals surface area contributed by atoms with Gasteiger partial charge < -0.3 is 9.64 Å². The molecule has 1 saturated heterocycles. The van der Waals surface area contributed by atoms with Gasteiger partial charge in [0.1, 0.15) is 5.84 Å². The number of benzene rings is 1. The van der Waals surface area contributed by atoms with Crippen molar-refractivity contribution in [3.8, 4) is 0 Å². The topological polar surface area (TPSA) is 78.7 Å². The second-order valence-corrected chi connectivity index (χ2v) is 7.61. The van der Waals surface area contributed by atoms with Crippen LogP contribution in [0.2, 0.25) is 0 Å². The van der Waals surface area contributed by atoms with Crippen LogP contribution in [0.15, 0.2) is 45.8 Å². The monoisotopic (exact) mass is 385 g/mol. The van der Waals surface area contributed by atoms with Crippen molar-refractivity contribution in [1.29, 1.82) is 0 Å². The highest BCUT2D eigenvalue weighted by atomic mass is 16.5. The Hall–Kier alpha value is -2.28. The van der Waals surface area contributed by atoms with Crippen LogP contribution in [0.1, 0.15) is 57.4 Å². The third-order valence-electron chi connectivity index (χ3n) is 5.95. The molecule has 28 heavy (non-hydrogen) atoms. The number of hydrogen-bond acceptors (Lipinski definition) is 5. The van der Waals surface area contributed by atoms with Crippen LogP contribution in [0.25, 0.3) is 0 Å². The zero-order valence-corrected chi connectivity index (χ0v) is 16.8. The van der Waals surface area contributed by atoms with Crippen LogP contribution in [0.5, 0.6) is 0 Å². The molecule has 7 nitrogen and oxygen atoms in total. The fourth-order valence-electron chi connectivity index (χ4n) is 4.40. The van der Waals surface area contributed by atoms with Gasteiger partial charge in [0.05, 0.1) is 24.8 Å². The molecule has 2 unspecified atom stereocenters. The normalized spacial score (nSPS) is 28.6. The van der Waals surface area contributed by atoms with Crippen LogP contribution < -0.4 is 5.43 Å². The SMILES string of the molecule is CC=N/N=C(\C)N1CCC(NN=O)C1COC1CCC(c2ccccc2)CC1. The number of amidine groups is 1. The van der Waals surface area contributed by atoms with Crippen molar-refractivity contribution in [2.75, 3.05) is 13.2 Å². The summed E-state index contributed by atoms with van der Waals surface area (Å²) in [6.07, 6.45) is 7.24. The minimum atomic E-state index is -0.0195. The summed E-state index contributed by atoms with van der Waals surface area (Å²) in [6.45, 7) is 5.17. The van der Waals surface area contributed by atoms with Gasteiger partial charge in [0.2, 0.25) is 0 Å². The van der Waals surface area contributed by atoms with E-state index in [9.17, 15) is 4.91 Å². The van der Waals surface area contributed by atoms with Gasteiger partial charge in [-0.15, -0.1) is 10.0 Å². The Bertz CT molecular complexity index is 671. The molecule has 0 aromatic heterocycles. The van der Waals surface area contributed by atoms with Crippen LogP contribution in [-0.2, 0) is 4.74 Å². The third kappa shape index (κ3) is 5.16. The largest absolute Gasteiger partial charge is 0.376 e. The highest BCUT2D eigenvalue weighted by Crippen LogP contribution is 2.34. The maximum absolute atomic E-state index is 10.8. The predicted octanol–water partition coefficient (Wildman–Crippen LogP) is 3.87. The van der Waals surface area contributed by atoms with Crippen molar-refractivity contribution in [2.24, 2.45) is 15.5 Å². The van der Waals surface area contributed by atoms with Gasteiger partial charge in [0.25, 0.3) is 0 Å². The first-order valence-corrected chi connectivity index (χ1v) is 10.3. The molecule has 3 rings (SSSR count). The number of rotatable bonds is 7. The second kappa shape index (κ2) is 10.3. The predicted molar refractivity (Wildman–Crippen MR) is 112 cm³/mol. The van der Waals surface area contributed by atoms with E-state index in [0.717, 1.165) is 44.5 Å². The van der Waals surface area contributed by atoms with Gasteiger partial charge in [0.15, 0.2) is 0 Å². The molecule has 1 saturated carbocycles. The number of nitrogens with zero attached hydrogens (tertiary/aromatic N) is 4. The zero-order valence-electron chi connectivity index (χ0n) is 16.8. The fourth-order valence-corrected chi connectivity index (χ4v) is 4.40. The average Bonchev–Trinajstić information content (AvgIpc) is 3.14. The zero-order chi connectivity index (χ0) is 19.8. The molecule has 0 radical (unpaired) electrons. The van der Waals surface area contributed by atoms with E-state index in [1.165, 1.54) is 5.56 Å². The first kappa shape index (κ1) is 20.5. The number of nitrogens with one attached hydrogen (secondary N) is 1. The molecule has 2 fully saturated rings. The highest BCUT2D eigenvalue weighted by Gasteiger charge is 2.36. The molecule has 0 bridgehead atoms. The molecule has 1 N–H and O–H groups in total. The Morgan fingerprint density at radius 2 is 1.96 bits per heavy atom. The van der Waals surface area contributed by atoms with E-state index in [4.69, 9.17) is 4.74 Å². The van der Waals surface area contributed by atoms with Crippen molar-refractivity contribution in [3.63, 3.8) is 0 Å². The Balaban J connectivity index is 1.54. The molecular weight excluding hydrogens is 354 g/mol. The van der Waals surface area contributed by atoms with Gasteiger partial charge in [0, 0.05) is 18.0 Å². The number of likely N-dealkylation sites (tertiary alicyclic amines) is 1. The van der Waals surface area contributed by atoms with Crippen LogP contribution >= 0.6 is 0 Å². The van der Waals surface area contributed by atoms with Crippen molar-refractivity contribution < 1.29 is 4.74 Å². The number of hydrogen-bond donors (Lipinski definition) is 1. The minimum absolute atomic E-state index is 0.0195. The molecule has 2 aliphatic rings. The van der Waals surface area contributed by atoms with Gasteiger partial charge in [-0.1, -0.05) is 30.3 Å². The summed E-state index contributed by atoms with van der Waals surface area (Å²) < 4.78 is 6.29. The molecule has 0 amide bonds. The maximum atomic E-state index is 10.8. The van der Waals surface area contributed by atoms with Gasteiger partial charge >= 0.3 is 0 Å². The summed E-state index contributed by atoms with van der Waals surface area (Å²) in [5.41, 5.74) is 4.14. The summed E-state index contributed by atoms with van der Waals surface area (Å²) in [5.74, 6) is 1.48. The fraction of sp³-hybridized carbons (Fsp3) is 0.619. The maximum Gasteiger partial charge on any atom is 0.124 e. The molecule has 1 aromatic rings. The van der Waals surface area contributed by atoms with Gasteiger partial charge in [-0.3, -0.25) is 5.43 Å². The molecule has 0 spiro atoms. The highest BCUT2D eigenvalue weighted by molar-refractivity contribution is 5.80. The summed E-state index contributed by atoms with van der Waals surface area (Å²) >= 11 is 0. The smallest absolute Gasteiger partial charge is 0.124 e. The molecule has 152 valence electrons. The average molecular weight is 386 g/mol. The molecule has 7 heteroatoms. The Kier molecular flexibility index (Phi) is 7.54. The van der Waals surface area contributed by atoms with Crippen LogP contribution in [-0.4, -0.2) is 48.3 Å². The van der Waals surface area contributed by atoms with Gasteiger partial charge in [-0.05, 0) is 57.4 Å². The lowest BCUT2D eigenvalue weighted by molar-refractivity contribution is 0.00143. The molecule has 1 heterocycles. The van der Waals surface area contributed by atoms with Crippen LogP contribution in [0.4, 0.5) is 0 Å². The lowest BCUT2D eigenvalue weighted by Crippen LogP contribution is -2.46. The van der Waals surface area contributed by atoms with Crippen molar-refractivity contribution >= 4 is 12.1 Å². The lowest BCUT2D eigenvalue weighted by atomic mass is 9.83. The number of ether oxygens (including phenoxy) is 1. The molecule has 1 aliphatic carbocycles. The number of nitroso groups, excluding NO2 is 1. The van der Waals surface area contributed by atoms with E-state index >= 15 is 0 Å². The lowest BCUT2D eigenvalue weighted by Gasteiger charge is -2.33. The van der Waals surface area contributed by atoms with E-state index in [2.05, 4.69) is 56.1 Å². The van der Waals surface area contributed by atoms with E-state index in [-0.39, 0.29) is 18.2 Å². The molecule has 1 aromatic carbocycles. The van der Waals surface area contributed by atoms with Crippen molar-refractivity contribution in [2.45, 2.75) is 70.1 Å². The van der Waals surface area contributed by atoms with Gasteiger partial charge in [-0.2, -0.15) is 5.10 Å². The molecular formula is C21H31N5O2. The first-order chi connectivity index (χ1) is 13.7. The van der Waals surface area contributed by atoms with Crippen molar-refractivity contribution in [3.05, 3.63) is 40.8 Å². The van der Waals surface area contributed by atoms with Crippen molar-refractivity contribution in [1.82, 2.24) is 10.3 Å². The Labute approximate surface area is 167 Å². The van der Waals surface area contributed by atoms with E-state index in [1.54, 1.807) is 6.21 Å². The van der Waals surface area contributed by atoms with Crippen LogP contribution in [0.3, 0.4) is 0 Å². The minimum Gasteiger partial charge on any atom is -0.376 e. The van der Waals surface area contributed by atoms with Crippen LogP contribution in [0, 0.1) is 4.91 Å². The molecule has 1 aliphatic heterocycles. The Morgan fingerprint density at radius 3 is 2.64 bits per heavy atom. The summed E-state index contributed by atoms with van der Waals surface area (Å²) in [7, 11) is 0. The quantitative estimate of drug-likeness (QED) is 0.334. The second-order valence-electron chi connectivity index (χ2n) is 7.61. The standard InChI is InChI=1S/C21H31N5O2/c1-3-22-23-16(2)26-14-13-20(24-25-27)21(26)15-28-19-11-9-18(10-12-19)17-7-5-4-6-8-17/h3-8,18-21H,9-15H2,1-2H3,(H,24,27)/b22-3?,23-16+. The Morgan fingerprint density at radius 1 is 1.21 bits per heavy atom. The third-order valence-corrected chi connectivity index (χ3v) is 5.95. The first-order valence-electron chi connectivity index (χ1n) is 10.3. The van der Waals surface area contributed by atoms with E-state index < -0.39 is 0 Å². The van der Waals surface area contributed by atoms with Gasteiger partial charge in [-0.25, -0.2) is 0 Å².